The van der Waals surface area contributed by atoms with Gasteiger partial charge in [0.25, 0.3) is 0 Å². The number of nitrogens with zero attached hydrogens (tertiary/aromatic N) is 1. The highest BCUT2D eigenvalue weighted by atomic mass is 32.1. The highest BCUT2D eigenvalue weighted by Crippen LogP contribution is 2.43. The van der Waals surface area contributed by atoms with Crippen LogP contribution >= 0.6 is 11.3 Å². The first-order chi connectivity index (χ1) is 10.1. The molecular formula is C16H21NO3S. The molecule has 4 nitrogen and oxygen atoms in total. The van der Waals surface area contributed by atoms with Gasteiger partial charge in [0.05, 0.1) is 11.5 Å². The zero-order valence-corrected chi connectivity index (χ0v) is 12.9. The van der Waals surface area contributed by atoms with Crippen molar-refractivity contribution in [2.45, 2.75) is 51.0 Å². The third-order valence-corrected chi connectivity index (χ3v) is 5.92. The fourth-order valence-corrected chi connectivity index (χ4v) is 4.62. The molecule has 0 bridgehead atoms. The van der Waals surface area contributed by atoms with Crippen LogP contribution in [-0.2, 0) is 9.59 Å². The number of amides is 1. The molecule has 1 aromatic rings. The zero-order valence-electron chi connectivity index (χ0n) is 12.1. The maximum absolute atomic E-state index is 12.7. The van der Waals surface area contributed by atoms with Gasteiger partial charge >= 0.3 is 5.97 Å². The molecule has 0 radical (unpaired) electrons. The average molecular weight is 307 g/mol. The van der Waals surface area contributed by atoms with Gasteiger partial charge in [-0.25, -0.2) is 0 Å². The fraction of sp³-hybridized carbons (Fsp3) is 0.625. The molecule has 1 N–H and O–H groups in total. The van der Waals surface area contributed by atoms with E-state index in [0.717, 1.165) is 32.2 Å². The summed E-state index contributed by atoms with van der Waals surface area (Å²) in [6.07, 6.45) is 5.31. The molecule has 1 amide bonds. The summed E-state index contributed by atoms with van der Waals surface area (Å²) in [5.41, 5.74) is -0.806. The van der Waals surface area contributed by atoms with Crippen LogP contribution in [-0.4, -0.2) is 28.4 Å². The van der Waals surface area contributed by atoms with E-state index in [9.17, 15) is 14.7 Å². The zero-order chi connectivity index (χ0) is 14.9. The summed E-state index contributed by atoms with van der Waals surface area (Å²) in [6.45, 7) is 0.761. The van der Waals surface area contributed by atoms with E-state index in [4.69, 9.17) is 0 Å². The summed E-state index contributed by atoms with van der Waals surface area (Å²) >= 11 is 1.68. The largest absolute Gasteiger partial charge is 0.481 e. The lowest BCUT2D eigenvalue weighted by Crippen LogP contribution is -2.38. The minimum absolute atomic E-state index is 0.0233. The summed E-state index contributed by atoms with van der Waals surface area (Å²) in [6, 6.07) is 4.24. The van der Waals surface area contributed by atoms with Gasteiger partial charge in [-0.15, -0.1) is 11.3 Å². The molecule has 1 aliphatic heterocycles. The van der Waals surface area contributed by atoms with Gasteiger partial charge < -0.3 is 10.0 Å². The number of carbonyl (C=O) groups is 2. The Morgan fingerprint density at radius 1 is 1.33 bits per heavy atom. The van der Waals surface area contributed by atoms with Crippen LogP contribution in [0.3, 0.4) is 0 Å². The van der Waals surface area contributed by atoms with Gasteiger partial charge in [0.2, 0.25) is 5.91 Å². The Bertz CT molecular complexity index is 520. The van der Waals surface area contributed by atoms with Gasteiger partial charge in [-0.3, -0.25) is 9.59 Å². The van der Waals surface area contributed by atoms with Gasteiger partial charge in [0, 0.05) is 17.8 Å². The minimum Gasteiger partial charge on any atom is -0.481 e. The van der Waals surface area contributed by atoms with Gasteiger partial charge in [-0.05, 0) is 37.1 Å². The molecule has 0 spiro atoms. The Morgan fingerprint density at radius 3 is 2.71 bits per heavy atom. The van der Waals surface area contributed by atoms with Crippen molar-refractivity contribution in [1.82, 2.24) is 4.90 Å². The SMILES string of the molecule is O=C(CC1(C(=O)O)CCCC1)N1CCCC1c1cccs1. The number of likely N-dealkylation sites (tertiary alicyclic amines) is 1. The van der Waals surface area contributed by atoms with Crippen molar-refractivity contribution < 1.29 is 14.7 Å². The number of hydrogen-bond acceptors (Lipinski definition) is 3. The maximum atomic E-state index is 12.7. The molecule has 21 heavy (non-hydrogen) atoms. The van der Waals surface area contributed by atoms with Crippen molar-refractivity contribution in [3.63, 3.8) is 0 Å². The van der Waals surface area contributed by atoms with Gasteiger partial charge in [-0.2, -0.15) is 0 Å². The second-order valence-electron chi connectivity index (χ2n) is 6.23. The van der Waals surface area contributed by atoms with Crippen molar-refractivity contribution in [2.24, 2.45) is 5.41 Å². The molecule has 3 rings (SSSR count). The molecule has 0 aromatic carbocycles. The van der Waals surface area contributed by atoms with E-state index in [2.05, 4.69) is 6.07 Å². The predicted molar refractivity (Wildman–Crippen MR) is 81.2 cm³/mol. The topological polar surface area (TPSA) is 57.6 Å². The van der Waals surface area contributed by atoms with Crippen LogP contribution in [0, 0.1) is 5.41 Å². The number of carbonyl (C=O) groups excluding carboxylic acids is 1. The van der Waals surface area contributed by atoms with E-state index in [-0.39, 0.29) is 18.4 Å². The Hall–Kier alpha value is -1.36. The molecule has 1 unspecified atom stereocenters. The predicted octanol–water partition coefficient (Wildman–Crippen LogP) is 3.45. The van der Waals surface area contributed by atoms with E-state index >= 15 is 0 Å². The second-order valence-corrected chi connectivity index (χ2v) is 7.21. The monoisotopic (exact) mass is 307 g/mol. The van der Waals surface area contributed by atoms with Crippen molar-refractivity contribution >= 4 is 23.2 Å². The molecule has 2 aliphatic rings. The van der Waals surface area contributed by atoms with Crippen LogP contribution in [0.5, 0.6) is 0 Å². The molecule has 2 fully saturated rings. The minimum atomic E-state index is -0.806. The van der Waals surface area contributed by atoms with E-state index in [1.54, 1.807) is 11.3 Å². The first-order valence-corrected chi connectivity index (χ1v) is 8.57. The second kappa shape index (κ2) is 5.79. The Labute approximate surface area is 128 Å². The van der Waals surface area contributed by atoms with Crippen LogP contribution in [0.4, 0.5) is 0 Å². The van der Waals surface area contributed by atoms with Crippen molar-refractivity contribution in [2.75, 3.05) is 6.54 Å². The van der Waals surface area contributed by atoms with E-state index in [1.165, 1.54) is 4.88 Å². The molecular weight excluding hydrogens is 286 g/mol. The van der Waals surface area contributed by atoms with Crippen LogP contribution in [0.25, 0.3) is 0 Å². The fourth-order valence-electron chi connectivity index (χ4n) is 3.75. The lowest BCUT2D eigenvalue weighted by atomic mass is 9.82. The third-order valence-electron chi connectivity index (χ3n) is 4.95. The lowest BCUT2D eigenvalue weighted by Gasteiger charge is -2.29. The van der Waals surface area contributed by atoms with Crippen molar-refractivity contribution in [1.29, 1.82) is 0 Å². The standard InChI is InChI=1S/C16H21NO3S/c18-14(11-16(15(19)20)7-1-2-8-16)17-9-3-5-12(17)13-6-4-10-21-13/h4,6,10,12H,1-3,5,7-9,11H2,(H,19,20). The highest BCUT2D eigenvalue weighted by molar-refractivity contribution is 7.10. The molecule has 114 valence electrons. The van der Waals surface area contributed by atoms with Gasteiger partial charge in [-0.1, -0.05) is 18.9 Å². The lowest BCUT2D eigenvalue weighted by molar-refractivity contribution is -0.153. The molecule has 5 heteroatoms. The number of hydrogen-bond donors (Lipinski definition) is 1. The van der Waals surface area contributed by atoms with Crippen molar-refractivity contribution in [3.05, 3.63) is 22.4 Å². The first-order valence-electron chi connectivity index (χ1n) is 7.69. The Kier molecular flexibility index (Phi) is 4.02. The van der Waals surface area contributed by atoms with Gasteiger partial charge in [0.1, 0.15) is 0 Å². The van der Waals surface area contributed by atoms with E-state index < -0.39 is 11.4 Å². The number of carboxylic acid groups (broad SMARTS) is 1. The number of carboxylic acids is 1. The van der Waals surface area contributed by atoms with E-state index in [0.29, 0.717) is 12.8 Å². The summed E-state index contributed by atoms with van der Waals surface area (Å²) in [5.74, 6) is -0.768. The van der Waals surface area contributed by atoms with Crippen LogP contribution < -0.4 is 0 Å². The average Bonchev–Trinajstić information content (AvgIpc) is 3.19. The van der Waals surface area contributed by atoms with Crippen LogP contribution in [0.2, 0.25) is 0 Å². The Balaban J connectivity index is 1.74. The first kappa shape index (κ1) is 14.6. The number of thiophene rings is 1. The summed E-state index contributed by atoms with van der Waals surface area (Å²) in [4.78, 5) is 27.4. The number of rotatable bonds is 4. The highest BCUT2D eigenvalue weighted by Gasteiger charge is 2.45. The van der Waals surface area contributed by atoms with Crippen LogP contribution in [0.15, 0.2) is 17.5 Å². The summed E-state index contributed by atoms with van der Waals surface area (Å²) < 4.78 is 0. The molecule has 1 atom stereocenters. The summed E-state index contributed by atoms with van der Waals surface area (Å²) in [7, 11) is 0. The van der Waals surface area contributed by atoms with Crippen LogP contribution in [0.1, 0.15) is 55.9 Å². The summed E-state index contributed by atoms with van der Waals surface area (Å²) in [5, 5.41) is 11.6. The molecule has 1 saturated heterocycles. The molecule has 1 aliphatic carbocycles. The smallest absolute Gasteiger partial charge is 0.310 e. The third kappa shape index (κ3) is 2.71. The maximum Gasteiger partial charge on any atom is 0.310 e. The quantitative estimate of drug-likeness (QED) is 0.927. The Morgan fingerprint density at radius 2 is 2.10 bits per heavy atom. The molecule has 2 heterocycles. The van der Waals surface area contributed by atoms with E-state index in [1.807, 2.05) is 16.3 Å². The van der Waals surface area contributed by atoms with Gasteiger partial charge in [0.15, 0.2) is 0 Å². The van der Waals surface area contributed by atoms with Crippen molar-refractivity contribution in [3.8, 4) is 0 Å². The molecule has 1 aromatic heterocycles. The normalized spacial score (nSPS) is 24.4. The number of aliphatic carboxylic acids is 1. The molecule has 1 saturated carbocycles.